The molecule has 0 radical (unpaired) electrons. The van der Waals surface area contributed by atoms with Crippen LogP contribution in [0.15, 0.2) is 77.9 Å². The van der Waals surface area contributed by atoms with Crippen molar-refractivity contribution >= 4 is 20.0 Å². The fourth-order valence-electron chi connectivity index (χ4n) is 7.18. The first-order valence-electron chi connectivity index (χ1n) is 15.2. The van der Waals surface area contributed by atoms with Crippen molar-refractivity contribution in [3.8, 4) is 11.4 Å². The van der Waals surface area contributed by atoms with Gasteiger partial charge >= 0.3 is 0 Å². The zero-order chi connectivity index (χ0) is 31.9. The van der Waals surface area contributed by atoms with Crippen LogP contribution in [0.4, 0.5) is 9.80 Å². The van der Waals surface area contributed by atoms with Crippen molar-refractivity contribution < 1.29 is 23.5 Å². The number of para-hydroxylation sites is 1. The second kappa shape index (κ2) is 12.0. The Morgan fingerprint density at radius 1 is 1.11 bits per heavy atom. The van der Waals surface area contributed by atoms with Crippen molar-refractivity contribution in [3.05, 3.63) is 100 Å². The van der Waals surface area contributed by atoms with Crippen molar-refractivity contribution in [2.75, 3.05) is 18.6 Å². The molecule has 236 valence electrons. The lowest BCUT2D eigenvalue weighted by Gasteiger charge is -2.31. The molecule has 1 spiro atoms. The van der Waals surface area contributed by atoms with Gasteiger partial charge in [0.05, 0.1) is 31.1 Å². The summed E-state index contributed by atoms with van der Waals surface area (Å²) in [7, 11) is -1.85. The van der Waals surface area contributed by atoms with E-state index in [0.717, 1.165) is 16.8 Å². The molecule has 0 saturated carbocycles. The van der Waals surface area contributed by atoms with E-state index in [9.17, 15) is 14.7 Å². The summed E-state index contributed by atoms with van der Waals surface area (Å²) in [5, 5.41) is 17.5. The lowest BCUT2D eigenvalue weighted by atomic mass is 9.82. The van der Waals surface area contributed by atoms with Gasteiger partial charge in [-0.15, -0.1) is 5.10 Å². The van der Waals surface area contributed by atoms with Crippen LogP contribution < -0.4 is 15.2 Å². The molecule has 2 aliphatic rings. The number of carbonyl (C=O) groups excluding carboxylic acids is 1. The normalized spacial score (nSPS) is 22.8. The number of aliphatic hydroxyl groups excluding tert-OH is 1. The number of aliphatic hydroxyl groups is 1. The summed E-state index contributed by atoms with van der Waals surface area (Å²) in [6.07, 6.45) is 3.83. The first-order chi connectivity index (χ1) is 21.6. The van der Waals surface area contributed by atoms with Gasteiger partial charge in [0, 0.05) is 54.7 Å². The van der Waals surface area contributed by atoms with E-state index in [-0.39, 0.29) is 30.4 Å². The number of fused-ring (bicyclic) bond motifs is 2. The highest BCUT2D eigenvalue weighted by Gasteiger charge is 2.66. The van der Waals surface area contributed by atoms with Crippen molar-refractivity contribution in [3.63, 3.8) is 0 Å². The lowest BCUT2D eigenvalue weighted by molar-refractivity contribution is -0.146. The Hall–Kier alpha value is -4.13. The fourth-order valence-corrected chi connectivity index (χ4v) is 9.73. The number of pyridine rings is 1. The standard InChI is InChI=1S/C33H38FN5O5Si/c1-22-30(45(3,4)34)28(14-17-37-21-24(15-18-40)35-36-37)44-33(22)26-11-5-6-12-27(26)39(32(33)42)20-23-9-7-10-25(19-23)38-16-8-13-29(43-2)31(38)41/h5-13,16,19,21-22,28,30,40H,14-15,17-18,20H2,1-4H3/t22-,28+,30-,33+/m1/s1. The molecule has 2 aromatic carbocycles. The van der Waals surface area contributed by atoms with Gasteiger partial charge in [0.15, 0.2) is 11.4 Å². The number of methoxy groups -OCH3 is 1. The molecule has 2 aliphatic heterocycles. The molecule has 1 saturated heterocycles. The van der Waals surface area contributed by atoms with E-state index in [2.05, 4.69) is 10.3 Å². The molecule has 6 rings (SSSR count). The van der Waals surface area contributed by atoms with Crippen LogP contribution in [0.3, 0.4) is 0 Å². The van der Waals surface area contributed by atoms with Crippen LogP contribution in [0.25, 0.3) is 5.69 Å². The number of hydrogen-bond donors (Lipinski definition) is 1. The highest BCUT2D eigenvalue weighted by atomic mass is 28.4. The van der Waals surface area contributed by atoms with E-state index >= 15 is 4.11 Å². The number of aromatic nitrogens is 4. The molecule has 45 heavy (non-hydrogen) atoms. The van der Waals surface area contributed by atoms with Gasteiger partial charge in [0.1, 0.15) is 0 Å². The van der Waals surface area contributed by atoms with Gasteiger partial charge in [-0.05, 0) is 55.4 Å². The lowest BCUT2D eigenvalue weighted by Crippen LogP contribution is -2.45. The van der Waals surface area contributed by atoms with Crippen LogP contribution in [0.5, 0.6) is 5.75 Å². The Bertz CT molecular complexity index is 1770. The van der Waals surface area contributed by atoms with E-state index in [0.29, 0.717) is 30.8 Å². The van der Waals surface area contributed by atoms with E-state index in [1.54, 1.807) is 47.2 Å². The topological polar surface area (TPSA) is 112 Å². The monoisotopic (exact) mass is 631 g/mol. The summed E-state index contributed by atoms with van der Waals surface area (Å²) >= 11 is 0. The van der Waals surface area contributed by atoms with Crippen LogP contribution in [-0.4, -0.2) is 58.8 Å². The highest BCUT2D eigenvalue weighted by molar-refractivity contribution is 6.72. The van der Waals surface area contributed by atoms with Gasteiger partial charge in [-0.1, -0.05) is 42.5 Å². The summed E-state index contributed by atoms with van der Waals surface area (Å²) in [5.74, 6) is -0.383. The summed E-state index contributed by atoms with van der Waals surface area (Å²) in [6, 6.07) is 18.5. The molecular formula is C33H38FN5O5Si. The van der Waals surface area contributed by atoms with Crippen LogP contribution in [-0.2, 0) is 34.6 Å². The number of hydrogen-bond acceptors (Lipinski definition) is 7. The molecule has 0 unspecified atom stereocenters. The van der Waals surface area contributed by atoms with Gasteiger partial charge in [-0.2, -0.15) is 0 Å². The maximum absolute atomic E-state index is 16.1. The molecule has 0 aliphatic carbocycles. The predicted octanol–water partition coefficient (Wildman–Crippen LogP) is 4.38. The van der Waals surface area contributed by atoms with Crippen molar-refractivity contribution in [2.45, 2.75) is 63.2 Å². The van der Waals surface area contributed by atoms with E-state index in [1.165, 1.54) is 11.7 Å². The average molecular weight is 632 g/mol. The van der Waals surface area contributed by atoms with Gasteiger partial charge < -0.3 is 23.6 Å². The van der Waals surface area contributed by atoms with Gasteiger partial charge in [-0.25, -0.2) is 0 Å². The third kappa shape index (κ3) is 5.40. The second-order valence-electron chi connectivity index (χ2n) is 12.3. The maximum atomic E-state index is 16.1. The smallest absolute Gasteiger partial charge is 0.297 e. The summed E-state index contributed by atoms with van der Waals surface area (Å²) in [5.41, 5.74) is 1.61. The molecule has 1 N–H and O–H groups in total. The van der Waals surface area contributed by atoms with Crippen LogP contribution in [0, 0.1) is 5.92 Å². The number of halogens is 1. The first kappa shape index (κ1) is 30.9. The minimum absolute atomic E-state index is 0.0178. The number of benzene rings is 2. The van der Waals surface area contributed by atoms with Crippen LogP contribution in [0.1, 0.15) is 30.2 Å². The molecule has 0 bridgehead atoms. The molecule has 10 nitrogen and oxygen atoms in total. The zero-order valence-corrected chi connectivity index (χ0v) is 26.9. The number of rotatable bonds is 10. The fraction of sp³-hybridized carbons (Fsp3) is 0.394. The molecule has 4 atom stereocenters. The summed E-state index contributed by atoms with van der Waals surface area (Å²) in [6.45, 7) is 6.00. The second-order valence-corrected chi connectivity index (χ2v) is 16.1. The van der Waals surface area contributed by atoms with E-state index < -0.39 is 31.6 Å². The van der Waals surface area contributed by atoms with Crippen LogP contribution in [0.2, 0.25) is 18.6 Å². The van der Waals surface area contributed by atoms with Gasteiger partial charge in [0.2, 0.25) is 8.41 Å². The maximum Gasteiger partial charge on any atom is 0.297 e. The molecule has 2 aromatic heterocycles. The van der Waals surface area contributed by atoms with Gasteiger partial charge in [-0.3, -0.25) is 18.8 Å². The molecule has 4 aromatic rings. The third-order valence-corrected chi connectivity index (χ3v) is 11.6. The molecule has 1 amide bonds. The molecule has 4 heterocycles. The number of nitrogens with zero attached hydrogens (tertiary/aromatic N) is 5. The zero-order valence-electron chi connectivity index (χ0n) is 25.9. The third-order valence-electron chi connectivity index (χ3n) is 9.13. The van der Waals surface area contributed by atoms with Crippen LogP contribution >= 0.6 is 0 Å². The number of anilines is 1. The largest absolute Gasteiger partial charge is 0.491 e. The average Bonchev–Trinajstić information content (AvgIpc) is 3.66. The van der Waals surface area contributed by atoms with Gasteiger partial charge in [0.25, 0.3) is 11.5 Å². The Kier molecular flexibility index (Phi) is 8.23. The minimum atomic E-state index is -3.31. The minimum Gasteiger partial charge on any atom is -0.491 e. The van der Waals surface area contributed by atoms with Crippen molar-refractivity contribution in [1.82, 2.24) is 19.6 Å². The Morgan fingerprint density at radius 3 is 2.67 bits per heavy atom. The molecular weight excluding hydrogens is 593 g/mol. The van der Waals surface area contributed by atoms with Crippen molar-refractivity contribution in [1.29, 1.82) is 0 Å². The van der Waals surface area contributed by atoms with E-state index in [1.807, 2.05) is 55.5 Å². The summed E-state index contributed by atoms with van der Waals surface area (Å²) < 4.78 is 31.4. The predicted molar refractivity (Wildman–Crippen MR) is 170 cm³/mol. The Labute approximate surface area is 262 Å². The first-order valence-corrected chi connectivity index (χ1v) is 18.2. The number of ether oxygens (including phenoxy) is 2. The number of carbonyl (C=O) groups is 1. The van der Waals surface area contributed by atoms with E-state index in [4.69, 9.17) is 9.47 Å². The van der Waals surface area contributed by atoms with Crippen molar-refractivity contribution in [2.24, 2.45) is 5.92 Å². The number of amides is 1. The molecule has 12 heteroatoms. The Balaban J connectivity index is 1.32. The SMILES string of the molecule is COc1cccn(-c2cccc(CN3C(=O)[C@@]4(O[C@@H](CCn5cc(CCO)nn5)[C@H]([Si](C)(C)F)[C@H]4C)c4ccccc43)c2)c1=O. The number of aryl methyl sites for hydroxylation is 1. The Morgan fingerprint density at radius 2 is 1.91 bits per heavy atom. The quantitative estimate of drug-likeness (QED) is 0.204. The highest BCUT2D eigenvalue weighted by Crippen LogP contribution is 2.60. The molecule has 1 fully saturated rings. The summed E-state index contributed by atoms with van der Waals surface area (Å²) in [4.78, 5) is 29.3.